The fourth-order valence-corrected chi connectivity index (χ4v) is 2.53. The van der Waals surface area contributed by atoms with Gasteiger partial charge in [-0.1, -0.05) is 0 Å². The molecule has 0 bridgehead atoms. The predicted molar refractivity (Wildman–Crippen MR) is 74.2 cm³/mol. The highest BCUT2D eigenvalue weighted by molar-refractivity contribution is 9.10. The number of ether oxygens (including phenoxy) is 1. The molecule has 2 heterocycles. The van der Waals surface area contributed by atoms with Gasteiger partial charge >= 0.3 is 0 Å². The van der Waals surface area contributed by atoms with Gasteiger partial charge in [0.05, 0.1) is 22.1 Å². The maximum absolute atomic E-state index is 10.7. The maximum atomic E-state index is 10.7. The van der Waals surface area contributed by atoms with E-state index in [4.69, 9.17) is 10.5 Å². The van der Waals surface area contributed by atoms with Crippen LogP contribution < -0.4 is 10.6 Å². The highest BCUT2D eigenvalue weighted by Crippen LogP contribution is 2.28. The first kappa shape index (κ1) is 14.2. The zero-order chi connectivity index (χ0) is 14.0. The topological polar surface area (TPSA) is 94.5 Å². The standard InChI is InChI=1S/C11H15BrN4O3/c1-7(13)10-6-15(2-3-19-10)11-9(12)4-8(5-14-11)16(17)18/h4-5,7,10H,2-3,6,13H2,1H3. The minimum atomic E-state index is -0.467. The highest BCUT2D eigenvalue weighted by Gasteiger charge is 2.26. The van der Waals surface area contributed by atoms with Crippen molar-refractivity contribution in [3.63, 3.8) is 0 Å². The molecule has 7 nitrogen and oxygen atoms in total. The monoisotopic (exact) mass is 330 g/mol. The average molecular weight is 331 g/mol. The van der Waals surface area contributed by atoms with Crippen LogP contribution >= 0.6 is 15.9 Å². The molecule has 2 N–H and O–H groups in total. The summed E-state index contributed by atoms with van der Waals surface area (Å²) in [6.07, 6.45) is 1.20. The molecular weight excluding hydrogens is 316 g/mol. The smallest absolute Gasteiger partial charge is 0.288 e. The number of pyridine rings is 1. The van der Waals surface area contributed by atoms with Crippen LogP contribution in [0.5, 0.6) is 0 Å². The molecule has 1 aromatic heterocycles. The van der Waals surface area contributed by atoms with E-state index in [0.717, 1.165) is 0 Å². The van der Waals surface area contributed by atoms with Crippen LogP contribution in [-0.2, 0) is 4.74 Å². The van der Waals surface area contributed by atoms with Crippen LogP contribution in [0.3, 0.4) is 0 Å². The van der Waals surface area contributed by atoms with Crippen LogP contribution in [-0.4, -0.2) is 41.7 Å². The maximum Gasteiger partial charge on any atom is 0.288 e. The number of halogens is 1. The van der Waals surface area contributed by atoms with Crippen LogP contribution in [0.2, 0.25) is 0 Å². The first-order chi connectivity index (χ1) is 8.99. The number of hydrogen-bond donors (Lipinski definition) is 1. The Hall–Kier alpha value is -1.25. The minimum absolute atomic E-state index is 0.0346. The van der Waals surface area contributed by atoms with Gasteiger partial charge in [-0.2, -0.15) is 0 Å². The second-order valence-corrected chi connectivity index (χ2v) is 5.32. The summed E-state index contributed by atoms with van der Waals surface area (Å²) in [5.74, 6) is 0.680. The minimum Gasteiger partial charge on any atom is -0.373 e. The lowest BCUT2D eigenvalue weighted by Gasteiger charge is -2.35. The Morgan fingerprint density at radius 2 is 2.47 bits per heavy atom. The fraction of sp³-hybridized carbons (Fsp3) is 0.545. The van der Waals surface area contributed by atoms with Gasteiger partial charge < -0.3 is 15.4 Å². The predicted octanol–water partition coefficient (Wildman–Crippen LogP) is 1.30. The summed E-state index contributed by atoms with van der Waals surface area (Å²) in [7, 11) is 0. The van der Waals surface area contributed by atoms with Gasteiger partial charge in [-0.05, 0) is 22.9 Å². The number of nitrogens with two attached hydrogens (primary N) is 1. The largest absolute Gasteiger partial charge is 0.373 e. The summed E-state index contributed by atoms with van der Waals surface area (Å²) in [6.45, 7) is 3.78. The van der Waals surface area contributed by atoms with Gasteiger partial charge in [0.15, 0.2) is 0 Å². The average Bonchev–Trinajstić information content (AvgIpc) is 2.38. The van der Waals surface area contributed by atoms with E-state index >= 15 is 0 Å². The van der Waals surface area contributed by atoms with Crippen molar-refractivity contribution in [2.75, 3.05) is 24.6 Å². The molecule has 0 amide bonds. The van der Waals surface area contributed by atoms with Crippen molar-refractivity contribution >= 4 is 27.4 Å². The number of nitro groups is 1. The third kappa shape index (κ3) is 3.20. The van der Waals surface area contributed by atoms with Crippen molar-refractivity contribution in [1.82, 2.24) is 4.98 Å². The van der Waals surface area contributed by atoms with Crippen molar-refractivity contribution in [2.45, 2.75) is 19.1 Å². The van der Waals surface area contributed by atoms with E-state index in [0.29, 0.717) is 30.0 Å². The Morgan fingerprint density at radius 1 is 1.74 bits per heavy atom. The second-order valence-electron chi connectivity index (χ2n) is 4.47. The number of anilines is 1. The number of aromatic nitrogens is 1. The van der Waals surface area contributed by atoms with Crippen LogP contribution in [0.4, 0.5) is 11.5 Å². The lowest BCUT2D eigenvalue weighted by atomic mass is 10.1. The van der Waals surface area contributed by atoms with E-state index in [1.807, 2.05) is 11.8 Å². The third-order valence-corrected chi connectivity index (χ3v) is 3.58. The normalized spacial score (nSPS) is 21.2. The van der Waals surface area contributed by atoms with Crippen LogP contribution in [0.15, 0.2) is 16.7 Å². The van der Waals surface area contributed by atoms with E-state index in [1.54, 1.807) is 0 Å². The van der Waals surface area contributed by atoms with Gasteiger partial charge in [-0.15, -0.1) is 0 Å². The molecule has 2 rings (SSSR count). The van der Waals surface area contributed by atoms with Crippen LogP contribution in [0.25, 0.3) is 0 Å². The van der Waals surface area contributed by atoms with Gasteiger partial charge in [-0.3, -0.25) is 10.1 Å². The zero-order valence-electron chi connectivity index (χ0n) is 10.5. The molecule has 1 aromatic rings. The fourth-order valence-electron chi connectivity index (χ4n) is 1.94. The quantitative estimate of drug-likeness (QED) is 0.663. The summed E-state index contributed by atoms with van der Waals surface area (Å²) >= 11 is 3.33. The molecule has 1 aliphatic rings. The molecule has 0 saturated carbocycles. The molecule has 1 saturated heterocycles. The Labute approximate surface area is 119 Å². The SMILES string of the molecule is CC(N)C1CN(c2ncc([N+](=O)[O-])cc2Br)CCO1. The van der Waals surface area contributed by atoms with Gasteiger partial charge in [0.2, 0.25) is 0 Å². The molecule has 0 aliphatic carbocycles. The highest BCUT2D eigenvalue weighted by atomic mass is 79.9. The summed E-state index contributed by atoms with van der Waals surface area (Å²) in [5, 5.41) is 10.7. The zero-order valence-corrected chi connectivity index (χ0v) is 12.0. The molecule has 0 aromatic carbocycles. The molecule has 104 valence electrons. The molecule has 1 aliphatic heterocycles. The van der Waals surface area contributed by atoms with E-state index in [9.17, 15) is 10.1 Å². The number of rotatable bonds is 3. The Kier molecular flexibility index (Phi) is 4.33. The molecule has 8 heteroatoms. The van der Waals surface area contributed by atoms with Crippen molar-refractivity contribution in [2.24, 2.45) is 5.73 Å². The lowest BCUT2D eigenvalue weighted by molar-refractivity contribution is -0.385. The van der Waals surface area contributed by atoms with Crippen LogP contribution in [0, 0.1) is 10.1 Å². The molecule has 2 unspecified atom stereocenters. The van der Waals surface area contributed by atoms with Crippen LogP contribution in [0.1, 0.15) is 6.92 Å². The first-order valence-electron chi connectivity index (χ1n) is 5.91. The summed E-state index contributed by atoms with van der Waals surface area (Å²) < 4.78 is 6.18. The van der Waals surface area contributed by atoms with Gasteiger partial charge in [-0.25, -0.2) is 4.98 Å². The van der Waals surface area contributed by atoms with Gasteiger partial charge in [0.1, 0.15) is 12.0 Å². The first-order valence-corrected chi connectivity index (χ1v) is 6.70. The van der Waals surface area contributed by atoms with Gasteiger partial charge in [0.25, 0.3) is 5.69 Å². The summed E-state index contributed by atoms with van der Waals surface area (Å²) in [6, 6.07) is 1.39. The Balaban J connectivity index is 2.19. The van der Waals surface area contributed by atoms with Crippen molar-refractivity contribution in [3.8, 4) is 0 Å². The summed E-state index contributed by atoms with van der Waals surface area (Å²) in [5.41, 5.74) is 5.80. The second kappa shape index (κ2) is 5.81. The summed E-state index contributed by atoms with van der Waals surface area (Å²) in [4.78, 5) is 16.4. The molecule has 2 atom stereocenters. The number of hydrogen-bond acceptors (Lipinski definition) is 6. The van der Waals surface area contributed by atoms with Crippen molar-refractivity contribution in [1.29, 1.82) is 0 Å². The van der Waals surface area contributed by atoms with E-state index in [2.05, 4.69) is 20.9 Å². The Morgan fingerprint density at radius 3 is 3.05 bits per heavy atom. The molecule has 19 heavy (non-hydrogen) atoms. The lowest BCUT2D eigenvalue weighted by Crippen LogP contribution is -2.50. The molecule has 0 radical (unpaired) electrons. The molecular formula is C11H15BrN4O3. The van der Waals surface area contributed by atoms with E-state index in [-0.39, 0.29) is 17.8 Å². The van der Waals surface area contributed by atoms with Crippen molar-refractivity contribution in [3.05, 3.63) is 26.9 Å². The van der Waals surface area contributed by atoms with E-state index in [1.165, 1.54) is 12.3 Å². The molecule has 1 fully saturated rings. The van der Waals surface area contributed by atoms with Gasteiger partial charge in [0, 0.05) is 25.2 Å². The van der Waals surface area contributed by atoms with E-state index < -0.39 is 4.92 Å². The molecule has 0 spiro atoms. The Bertz CT molecular complexity index is 483. The van der Waals surface area contributed by atoms with Crippen molar-refractivity contribution < 1.29 is 9.66 Å². The third-order valence-electron chi connectivity index (χ3n) is 3.00. The number of nitrogens with zero attached hydrogens (tertiary/aromatic N) is 3. The number of morpholine rings is 1.